The molecule has 3 aliphatic rings. The minimum absolute atomic E-state index is 0.00596. The molecule has 3 saturated heterocycles. The van der Waals surface area contributed by atoms with Crippen molar-refractivity contribution in [2.75, 3.05) is 19.6 Å². The van der Waals surface area contributed by atoms with Crippen molar-refractivity contribution in [2.24, 2.45) is 5.92 Å². The molecule has 0 aliphatic carbocycles. The number of halogens is 1. The Balaban J connectivity index is 1.48. The van der Waals surface area contributed by atoms with Crippen LogP contribution in [0.25, 0.3) is 0 Å². The second-order valence-corrected chi connectivity index (χ2v) is 7.29. The van der Waals surface area contributed by atoms with Crippen LogP contribution in [0, 0.1) is 18.7 Å². The topological polar surface area (TPSA) is 52.2 Å². The van der Waals surface area contributed by atoms with Gasteiger partial charge in [-0.1, -0.05) is 12.1 Å². The van der Waals surface area contributed by atoms with Gasteiger partial charge in [0.15, 0.2) is 5.82 Å². The van der Waals surface area contributed by atoms with Gasteiger partial charge in [0.1, 0.15) is 5.82 Å². The van der Waals surface area contributed by atoms with E-state index in [-0.39, 0.29) is 17.8 Å². The molecule has 3 fully saturated rings. The second kappa shape index (κ2) is 6.59. The van der Waals surface area contributed by atoms with Crippen LogP contribution in [0.4, 0.5) is 4.39 Å². The number of H-pyrrole nitrogens is 1. The molecule has 0 unspecified atom stereocenters. The lowest BCUT2D eigenvalue weighted by atomic mass is 9.95. The first-order valence-electron chi connectivity index (χ1n) is 8.88. The van der Waals surface area contributed by atoms with Crippen LogP contribution in [-0.4, -0.2) is 51.4 Å². The van der Waals surface area contributed by atoms with Crippen LogP contribution in [0.2, 0.25) is 0 Å². The smallest absolute Gasteiger partial charge is 0.289 e. The predicted molar refractivity (Wildman–Crippen MR) is 92.6 cm³/mol. The van der Waals surface area contributed by atoms with Crippen molar-refractivity contribution in [3.63, 3.8) is 0 Å². The van der Waals surface area contributed by atoms with Crippen LogP contribution in [0.5, 0.6) is 0 Å². The molecule has 2 atom stereocenters. The molecule has 6 heteroatoms. The van der Waals surface area contributed by atoms with Gasteiger partial charge in [-0.15, -0.1) is 0 Å². The number of amides is 1. The first-order chi connectivity index (χ1) is 12.1. The van der Waals surface area contributed by atoms with Crippen LogP contribution >= 0.6 is 0 Å². The summed E-state index contributed by atoms with van der Waals surface area (Å²) in [6.07, 6.45) is 3.89. The van der Waals surface area contributed by atoms with E-state index in [1.807, 2.05) is 24.0 Å². The van der Waals surface area contributed by atoms with E-state index in [1.54, 1.807) is 6.20 Å². The SMILES string of the molecule is Cc1cnc(C(=O)N2C[C@H]3CC[C@@H]2CN(Cc2ccc(F)cc2)C3)[nH]1. The monoisotopic (exact) mass is 342 g/mol. The fourth-order valence-electron chi connectivity index (χ4n) is 4.06. The zero-order valence-corrected chi connectivity index (χ0v) is 14.4. The van der Waals surface area contributed by atoms with E-state index in [2.05, 4.69) is 14.9 Å². The predicted octanol–water partition coefficient (Wildman–Crippen LogP) is 2.59. The summed E-state index contributed by atoms with van der Waals surface area (Å²) in [6, 6.07) is 6.93. The molecule has 0 radical (unpaired) electrons. The van der Waals surface area contributed by atoms with Crippen molar-refractivity contribution in [1.29, 1.82) is 0 Å². The van der Waals surface area contributed by atoms with Gasteiger partial charge in [0.2, 0.25) is 0 Å². The summed E-state index contributed by atoms with van der Waals surface area (Å²) in [5.41, 5.74) is 2.02. The van der Waals surface area contributed by atoms with Crippen molar-refractivity contribution >= 4 is 5.91 Å². The number of benzene rings is 1. The van der Waals surface area contributed by atoms with E-state index in [0.717, 1.165) is 50.3 Å². The van der Waals surface area contributed by atoms with Gasteiger partial charge in [-0.2, -0.15) is 0 Å². The summed E-state index contributed by atoms with van der Waals surface area (Å²) in [5.74, 6) is 0.728. The number of fused-ring (bicyclic) bond motifs is 4. The van der Waals surface area contributed by atoms with Gasteiger partial charge in [0.05, 0.1) is 0 Å². The molecule has 1 N–H and O–H groups in total. The third-order valence-electron chi connectivity index (χ3n) is 5.27. The molecule has 1 amide bonds. The molecule has 2 bridgehead atoms. The minimum Gasteiger partial charge on any atom is -0.338 e. The average molecular weight is 342 g/mol. The van der Waals surface area contributed by atoms with Crippen LogP contribution in [0.3, 0.4) is 0 Å². The summed E-state index contributed by atoms with van der Waals surface area (Å²) in [4.78, 5) is 24.5. The van der Waals surface area contributed by atoms with Gasteiger partial charge in [0.25, 0.3) is 5.91 Å². The van der Waals surface area contributed by atoms with E-state index < -0.39 is 0 Å². The summed E-state index contributed by atoms with van der Waals surface area (Å²) < 4.78 is 13.1. The minimum atomic E-state index is -0.204. The number of piperidine rings is 1. The van der Waals surface area contributed by atoms with Crippen molar-refractivity contribution in [1.82, 2.24) is 19.8 Å². The van der Waals surface area contributed by atoms with Gasteiger partial charge in [-0.3, -0.25) is 9.69 Å². The third kappa shape index (κ3) is 3.44. The summed E-state index contributed by atoms with van der Waals surface area (Å²) >= 11 is 0. The number of imidazole rings is 1. The van der Waals surface area contributed by atoms with Crippen molar-refractivity contribution in [3.05, 3.63) is 53.4 Å². The fourth-order valence-corrected chi connectivity index (χ4v) is 4.06. The van der Waals surface area contributed by atoms with Gasteiger partial charge in [0, 0.05) is 44.1 Å². The van der Waals surface area contributed by atoms with Gasteiger partial charge >= 0.3 is 0 Å². The number of nitrogens with one attached hydrogen (secondary N) is 1. The van der Waals surface area contributed by atoms with Gasteiger partial charge in [-0.25, -0.2) is 9.37 Å². The normalized spacial score (nSPS) is 23.7. The van der Waals surface area contributed by atoms with Crippen LogP contribution < -0.4 is 0 Å². The fraction of sp³-hybridized carbons (Fsp3) is 0.474. The summed E-state index contributed by atoms with van der Waals surface area (Å²) in [6.45, 7) is 5.34. The maximum absolute atomic E-state index is 13.1. The number of hydrogen-bond acceptors (Lipinski definition) is 3. The van der Waals surface area contributed by atoms with Gasteiger partial charge < -0.3 is 9.88 Å². The molecule has 4 heterocycles. The average Bonchev–Trinajstić information content (AvgIpc) is 2.85. The quantitative estimate of drug-likeness (QED) is 0.933. The molecule has 25 heavy (non-hydrogen) atoms. The molecule has 5 nitrogen and oxygen atoms in total. The molecular weight excluding hydrogens is 319 g/mol. The maximum Gasteiger partial charge on any atom is 0.289 e. The highest BCUT2D eigenvalue weighted by atomic mass is 19.1. The molecule has 132 valence electrons. The molecule has 0 saturated carbocycles. The standard InChI is InChI=1S/C19H23FN4O/c1-13-8-21-18(22-13)19(25)24-11-15-4-7-17(24)12-23(10-15)9-14-2-5-16(20)6-3-14/h2-3,5-6,8,15,17H,4,7,9-12H2,1H3,(H,21,22)/t15-,17+/m0/s1. The Morgan fingerprint density at radius 3 is 2.76 bits per heavy atom. The zero-order chi connectivity index (χ0) is 17.4. The number of carbonyl (C=O) groups is 1. The number of aromatic amines is 1. The van der Waals surface area contributed by atoms with E-state index in [0.29, 0.717) is 11.7 Å². The Morgan fingerprint density at radius 1 is 1.24 bits per heavy atom. The first kappa shape index (κ1) is 16.3. The largest absolute Gasteiger partial charge is 0.338 e. The molecule has 5 rings (SSSR count). The van der Waals surface area contributed by atoms with Gasteiger partial charge in [-0.05, 0) is 43.4 Å². The number of aryl methyl sites for hydroxylation is 1. The van der Waals surface area contributed by atoms with Crippen LogP contribution in [0.15, 0.2) is 30.5 Å². The van der Waals surface area contributed by atoms with E-state index >= 15 is 0 Å². The molecule has 0 spiro atoms. The first-order valence-corrected chi connectivity index (χ1v) is 8.88. The number of aromatic nitrogens is 2. The number of nitrogens with zero attached hydrogens (tertiary/aromatic N) is 3. The Kier molecular flexibility index (Phi) is 4.29. The molecule has 1 aromatic carbocycles. The lowest BCUT2D eigenvalue weighted by molar-refractivity contribution is 0.0573. The van der Waals surface area contributed by atoms with Crippen LogP contribution in [0.1, 0.15) is 34.7 Å². The Morgan fingerprint density at radius 2 is 2.04 bits per heavy atom. The van der Waals surface area contributed by atoms with E-state index in [4.69, 9.17) is 0 Å². The number of hydrogen-bond donors (Lipinski definition) is 1. The van der Waals surface area contributed by atoms with Crippen molar-refractivity contribution in [2.45, 2.75) is 32.4 Å². The van der Waals surface area contributed by atoms with E-state index in [1.165, 1.54) is 12.1 Å². The summed E-state index contributed by atoms with van der Waals surface area (Å²) in [7, 11) is 0. The number of carbonyl (C=O) groups excluding carboxylic acids is 1. The molecular formula is C19H23FN4O. The van der Waals surface area contributed by atoms with E-state index in [9.17, 15) is 9.18 Å². The maximum atomic E-state index is 13.1. The number of rotatable bonds is 3. The Hall–Kier alpha value is -2.21. The second-order valence-electron chi connectivity index (χ2n) is 7.29. The summed E-state index contributed by atoms with van der Waals surface area (Å²) in [5, 5.41) is 0. The van der Waals surface area contributed by atoms with Crippen molar-refractivity contribution in [3.8, 4) is 0 Å². The lowest BCUT2D eigenvalue weighted by Gasteiger charge is -2.35. The Labute approximate surface area is 146 Å². The lowest BCUT2D eigenvalue weighted by Crippen LogP contribution is -2.47. The highest BCUT2D eigenvalue weighted by Gasteiger charge is 2.38. The molecule has 1 aromatic heterocycles. The Bertz CT molecular complexity index is 757. The molecule has 2 aromatic rings. The highest BCUT2D eigenvalue weighted by molar-refractivity contribution is 5.91. The zero-order valence-electron chi connectivity index (χ0n) is 14.4. The third-order valence-corrected chi connectivity index (χ3v) is 5.27. The highest BCUT2D eigenvalue weighted by Crippen LogP contribution is 2.29. The van der Waals surface area contributed by atoms with Crippen LogP contribution in [-0.2, 0) is 6.54 Å². The molecule has 3 aliphatic heterocycles. The van der Waals surface area contributed by atoms with Crippen molar-refractivity contribution < 1.29 is 9.18 Å².